The van der Waals surface area contributed by atoms with E-state index in [0.29, 0.717) is 11.3 Å². The van der Waals surface area contributed by atoms with Crippen molar-refractivity contribution in [2.45, 2.75) is 20.4 Å². The second kappa shape index (κ2) is 6.22. The Hall–Kier alpha value is -3.30. The standard InChI is InChI=1S/C13H13N5O5/c1-3-16-12(11(7-14-16)18(22)23)13(19)15-10-5-4-9(17(20)21)6-8(10)2/h4-7H,3H2,1-2H3,(H,15,19). The zero-order valence-electron chi connectivity index (χ0n) is 12.3. The van der Waals surface area contributed by atoms with E-state index in [2.05, 4.69) is 10.4 Å². The molecule has 0 atom stereocenters. The van der Waals surface area contributed by atoms with Gasteiger partial charge in [-0.3, -0.25) is 29.7 Å². The molecule has 0 spiro atoms. The van der Waals surface area contributed by atoms with E-state index in [1.54, 1.807) is 13.8 Å². The van der Waals surface area contributed by atoms with Gasteiger partial charge in [-0.05, 0) is 25.5 Å². The molecule has 0 fully saturated rings. The fraction of sp³-hybridized carbons (Fsp3) is 0.231. The lowest BCUT2D eigenvalue weighted by atomic mass is 10.1. The van der Waals surface area contributed by atoms with Crippen LogP contribution in [0.4, 0.5) is 17.1 Å². The maximum atomic E-state index is 12.3. The number of carbonyl (C=O) groups excluding carboxylic acids is 1. The van der Waals surface area contributed by atoms with E-state index in [1.807, 2.05) is 0 Å². The molecule has 1 N–H and O–H groups in total. The zero-order chi connectivity index (χ0) is 17.1. The van der Waals surface area contributed by atoms with Crippen LogP contribution in [0, 0.1) is 27.2 Å². The van der Waals surface area contributed by atoms with Crippen molar-refractivity contribution in [1.82, 2.24) is 9.78 Å². The molecule has 0 aliphatic carbocycles. The number of hydrogen-bond acceptors (Lipinski definition) is 6. The van der Waals surface area contributed by atoms with Gasteiger partial charge in [0.2, 0.25) is 5.69 Å². The van der Waals surface area contributed by atoms with Gasteiger partial charge in [-0.15, -0.1) is 0 Å². The molecule has 1 aromatic heterocycles. The summed E-state index contributed by atoms with van der Waals surface area (Å²) in [6.45, 7) is 3.58. The number of nitro benzene ring substituents is 1. The summed E-state index contributed by atoms with van der Waals surface area (Å²) in [6.07, 6.45) is 1.01. The molecule has 0 aliphatic heterocycles. The summed E-state index contributed by atoms with van der Waals surface area (Å²) in [6, 6.07) is 3.93. The molecule has 0 unspecified atom stereocenters. The van der Waals surface area contributed by atoms with Crippen molar-refractivity contribution < 1.29 is 14.6 Å². The van der Waals surface area contributed by atoms with Crippen LogP contribution in [0.2, 0.25) is 0 Å². The van der Waals surface area contributed by atoms with Crippen LogP contribution in [-0.2, 0) is 6.54 Å². The Kier molecular flexibility index (Phi) is 4.35. The van der Waals surface area contributed by atoms with Crippen molar-refractivity contribution in [2.24, 2.45) is 0 Å². The fourth-order valence-electron chi connectivity index (χ4n) is 2.07. The highest BCUT2D eigenvalue weighted by Crippen LogP contribution is 2.24. The van der Waals surface area contributed by atoms with Crippen LogP contribution in [0.3, 0.4) is 0 Å². The molecule has 2 rings (SSSR count). The van der Waals surface area contributed by atoms with Crippen molar-refractivity contribution in [1.29, 1.82) is 0 Å². The van der Waals surface area contributed by atoms with Crippen LogP contribution in [0.1, 0.15) is 23.0 Å². The lowest BCUT2D eigenvalue weighted by Gasteiger charge is -2.09. The first-order valence-electron chi connectivity index (χ1n) is 6.61. The monoisotopic (exact) mass is 319 g/mol. The fourth-order valence-corrected chi connectivity index (χ4v) is 2.07. The second-order valence-electron chi connectivity index (χ2n) is 4.66. The van der Waals surface area contributed by atoms with Gasteiger partial charge in [0, 0.05) is 24.4 Å². The lowest BCUT2D eigenvalue weighted by molar-refractivity contribution is -0.385. The van der Waals surface area contributed by atoms with Gasteiger partial charge in [0.05, 0.1) is 9.85 Å². The number of anilines is 1. The van der Waals surface area contributed by atoms with Crippen LogP contribution in [0.15, 0.2) is 24.4 Å². The quantitative estimate of drug-likeness (QED) is 0.663. The van der Waals surface area contributed by atoms with E-state index in [4.69, 9.17) is 0 Å². The smallest absolute Gasteiger partial charge is 0.320 e. The Morgan fingerprint density at radius 3 is 2.52 bits per heavy atom. The van der Waals surface area contributed by atoms with Gasteiger partial charge in [-0.25, -0.2) is 0 Å². The molecule has 0 aliphatic rings. The van der Waals surface area contributed by atoms with Crippen LogP contribution in [0.25, 0.3) is 0 Å². The minimum Gasteiger partial charge on any atom is -0.320 e. The number of aryl methyl sites for hydroxylation is 2. The van der Waals surface area contributed by atoms with Crippen LogP contribution < -0.4 is 5.32 Å². The molecule has 0 saturated heterocycles. The molecular formula is C13H13N5O5. The number of non-ortho nitro benzene ring substituents is 1. The predicted molar refractivity (Wildman–Crippen MR) is 80.3 cm³/mol. The van der Waals surface area contributed by atoms with Gasteiger partial charge in [0.25, 0.3) is 11.6 Å². The Bertz CT molecular complexity index is 798. The lowest BCUT2D eigenvalue weighted by Crippen LogP contribution is -2.19. The first-order chi connectivity index (χ1) is 10.8. The summed E-state index contributed by atoms with van der Waals surface area (Å²) in [5.41, 5.74) is 0.126. The number of amides is 1. The highest BCUT2D eigenvalue weighted by Gasteiger charge is 2.26. The number of hydrogen-bond donors (Lipinski definition) is 1. The molecule has 10 nitrogen and oxygen atoms in total. The summed E-state index contributed by atoms with van der Waals surface area (Å²) in [5, 5.41) is 28.0. The summed E-state index contributed by atoms with van der Waals surface area (Å²) < 4.78 is 1.22. The highest BCUT2D eigenvalue weighted by atomic mass is 16.6. The molecule has 1 heterocycles. The van der Waals surface area contributed by atoms with Gasteiger partial charge >= 0.3 is 5.69 Å². The molecule has 1 amide bonds. The zero-order valence-corrected chi connectivity index (χ0v) is 12.3. The molecule has 0 bridgehead atoms. The third-order valence-electron chi connectivity index (χ3n) is 3.20. The van der Waals surface area contributed by atoms with Crippen molar-refractivity contribution in [3.8, 4) is 0 Å². The van der Waals surface area contributed by atoms with Crippen LogP contribution in [0.5, 0.6) is 0 Å². The van der Waals surface area contributed by atoms with Gasteiger partial charge < -0.3 is 5.32 Å². The largest absolute Gasteiger partial charge is 0.320 e. The van der Waals surface area contributed by atoms with Gasteiger partial charge in [-0.2, -0.15) is 5.10 Å². The van der Waals surface area contributed by atoms with Crippen molar-refractivity contribution in [3.05, 3.63) is 55.9 Å². The summed E-state index contributed by atoms with van der Waals surface area (Å²) in [5.74, 6) is -0.701. The number of aromatic nitrogens is 2. The maximum Gasteiger partial charge on any atom is 0.320 e. The number of benzene rings is 1. The predicted octanol–water partition coefficient (Wildman–Crippen LogP) is 2.28. The average Bonchev–Trinajstić information content (AvgIpc) is 2.93. The normalized spacial score (nSPS) is 10.3. The van der Waals surface area contributed by atoms with Gasteiger partial charge in [0.1, 0.15) is 6.20 Å². The van der Waals surface area contributed by atoms with Crippen molar-refractivity contribution in [3.63, 3.8) is 0 Å². The third kappa shape index (κ3) is 3.15. The molecule has 2 aromatic rings. The Morgan fingerprint density at radius 1 is 1.30 bits per heavy atom. The SMILES string of the molecule is CCn1ncc([N+](=O)[O-])c1C(=O)Nc1ccc([N+](=O)[O-])cc1C. The van der Waals surface area contributed by atoms with E-state index in [0.717, 1.165) is 6.20 Å². The van der Waals surface area contributed by atoms with Crippen molar-refractivity contribution in [2.75, 3.05) is 5.32 Å². The molecule has 23 heavy (non-hydrogen) atoms. The average molecular weight is 319 g/mol. The van der Waals surface area contributed by atoms with E-state index in [-0.39, 0.29) is 17.9 Å². The minimum absolute atomic E-state index is 0.106. The molecule has 0 saturated carbocycles. The van der Waals surface area contributed by atoms with Crippen LogP contribution in [-0.4, -0.2) is 25.5 Å². The van der Waals surface area contributed by atoms with Gasteiger partial charge in [-0.1, -0.05) is 0 Å². The van der Waals surface area contributed by atoms with E-state index < -0.39 is 21.4 Å². The summed E-state index contributed by atoms with van der Waals surface area (Å²) in [7, 11) is 0. The van der Waals surface area contributed by atoms with Crippen molar-refractivity contribution >= 4 is 23.0 Å². The third-order valence-corrected chi connectivity index (χ3v) is 3.20. The molecule has 1 aromatic carbocycles. The molecule has 120 valence electrons. The second-order valence-corrected chi connectivity index (χ2v) is 4.66. The maximum absolute atomic E-state index is 12.3. The Balaban J connectivity index is 2.35. The highest BCUT2D eigenvalue weighted by molar-refractivity contribution is 6.06. The topological polar surface area (TPSA) is 133 Å². The number of nitrogens with one attached hydrogen (secondary N) is 1. The Morgan fingerprint density at radius 2 is 2.00 bits per heavy atom. The van der Waals surface area contributed by atoms with E-state index in [9.17, 15) is 25.0 Å². The van der Waals surface area contributed by atoms with Gasteiger partial charge in [0.15, 0.2) is 0 Å². The number of rotatable bonds is 5. The summed E-state index contributed by atoms with van der Waals surface area (Å²) in [4.78, 5) is 32.8. The van der Waals surface area contributed by atoms with E-state index in [1.165, 1.54) is 22.9 Å². The van der Waals surface area contributed by atoms with E-state index >= 15 is 0 Å². The number of nitrogens with zero attached hydrogens (tertiary/aromatic N) is 4. The van der Waals surface area contributed by atoms with Crippen LogP contribution >= 0.6 is 0 Å². The first-order valence-corrected chi connectivity index (χ1v) is 6.61. The number of nitro groups is 2. The first kappa shape index (κ1) is 16.1. The number of carbonyl (C=O) groups is 1. The molecule has 0 radical (unpaired) electrons. The minimum atomic E-state index is -0.701. The summed E-state index contributed by atoms with van der Waals surface area (Å²) >= 11 is 0. The molecule has 10 heteroatoms. The molecular weight excluding hydrogens is 306 g/mol. The Labute approximate surface area is 130 Å².